The minimum atomic E-state index is 0.336. The number of rotatable bonds is 6. The molecular formula is C11H22O. The van der Waals surface area contributed by atoms with E-state index in [9.17, 15) is 0 Å². The van der Waals surface area contributed by atoms with Crippen molar-refractivity contribution < 1.29 is 4.74 Å². The van der Waals surface area contributed by atoms with Crippen molar-refractivity contribution in [1.29, 1.82) is 0 Å². The highest BCUT2D eigenvalue weighted by Gasteiger charge is 2.05. The molecule has 0 fully saturated rings. The first-order chi connectivity index (χ1) is 5.72. The average molecular weight is 170 g/mol. The summed E-state index contributed by atoms with van der Waals surface area (Å²) in [5.74, 6) is 0.534. The Bertz CT molecular complexity index is 118. The predicted octanol–water partition coefficient (Wildman–Crippen LogP) is 3.40. The zero-order chi connectivity index (χ0) is 9.40. The Hall–Kier alpha value is -0.300. The van der Waals surface area contributed by atoms with Crippen LogP contribution in [0.1, 0.15) is 40.0 Å². The molecule has 0 bridgehead atoms. The van der Waals surface area contributed by atoms with E-state index >= 15 is 0 Å². The number of unbranched alkanes of at least 4 members (excludes halogenated alkanes) is 2. The van der Waals surface area contributed by atoms with E-state index in [4.69, 9.17) is 4.74 Å². The van der Waals surface area contributed by atoms with Crippen molar-refractivity contribution in [3.8, 4) is 0 Å². The molecule has 0 aromatic heterocycles. The summed E-state index contributed by atoms with van der Waals surface area (Å²) in [5, 5.41) is 0. The van der Waals surface area contributed by atoms with Gasteiger partial charge in [0.1, 0.15) is 0 Å². The lowest BCUT2D eigenvalue weighted by molar-refractivity contribution is 0.0898. The third-order valence-corrected chi connectivity index (χ3v) is 2.28. The van der Waals surface area contributed by atoms with E-state index in [-0.39, 0.29) is 0 Å². The second kappa shape index (κ2) is 7.35. The van der Waals surface area contributed by atoms with Crippen LogP contribution in [-0.2, 0) is 4.74 Å². The van der Waals surface area contributed by atoms with Crippen LogP contribution in [0.25, 0.3) is 0 Å². The molecule has 0 spiro atoms. The molecule has 0 rings (SSSR count). The Morgan fingerprint density at radius 3 is 2.50 bits per heavy atom. The van der Waals surface area contributed by atoms with Gasteiger partial charge in [0, 0.05) is 7.11 Å². The fourth-order valence-electron chi connectivity index (χ4n) is 1.00. The maximum absolute atomic E-state index is 5.22. The van der Waals surface area contributed by atoms with E-state index in [2.05, 4.69) is 32.9 Å². The van der Waals surface area contributed by atoms with E-state index in [1.165, 1.54) is 19.3 Å². The van der Waals surface area contributed by atoms with Crippen molar-refractivity contribution in [3.05, 3.63) is 12.2 Å². The Balaban J connectivity index is 3.52. The van der Waals surface area contributed by atoms with Crippen molar-refractivity contribution in [2.75, 3.05) is 7.11 Å². The lowest BCUT2D eigenvalue weighted by atomic mass is 10.1. The largest absolute Gasteiger partial charge is 0.381 e. The summed E-state index contributed by atoms with van der Waals surface area (Å²) in [5.41, 5.74) is 0. The summed E-state index contributed by atoms with van der Waals surface area (Å²) in [6.07, 6.45) is 8.64. The Morgan fingerprint density at radius 1 is 1.33 bits per heavy atom. The minimum absolute atomic E-state index is 0.336. The highest BCUT2D eigenvalue weighted by molar-refractivity contribution is 4.88. The van der Waals surface area contributed by atoms with Crippen LogP contribution in [-0.4, -0.2) is 13.2 Å². The van der Waals surface area contributed by atoms with Gasteiger partial charge in [0.25, 0.3) is 0 Å². The standard InChI is InChI=1S/C11H22O/c1-5-6-7-8-9-10(2)11(3)12-4/h8-11H,5-7H2,1-4H3/b9-8-/t10-,11-/m0/s1. The Morgan fingerprint density at radius 2 is 2.00 bits per heavy atom. The van der Waals surface area contributed by atoms with Gasteiger partial charge in [-0.2, -0.15) is 0 Å². The molecule has 0 aliphatic carbocycles. The fourth-order valence-corrected chi connectivity index (χ4v) is 1.00. The van der Waals surface area contributed by atoms with Gasteiger partial charge in [0.05, 0.1) is 6.10 Å². The zero-order valence-electron chi connectivity index (χ0n) is 8.84. The average Bonchev–Trinajstić information content (AvgIpc) is 2.10. The molecule has 0 amide bonds. The highest BCUT2D eigenvalue weighted by Crippen LogP contribution is 2.08. The first-order valence-corrected chi connectivity index (χ1v) is 4.91. The second-order valence-corrected chi connectivity index (χ2v) is 3.37. The van der Waals surface area contributed by atoms with Crippen LogP contribution < -0.4 is 0 Å². The van der Waals surface area contributed by atoms with Crippen LogP contribution >= 0.6 is 0 Å². The smallest absolute Gasteiger partial charge is 0.0603 e. The first-order valence-electron chi connectivity index (χ1n) is 4.91. The molecule has 1 heteroatoms. The number of hydrogen-bond acceptors (Lipinski definition) is 1. The normalized spacial score (nSPS) is 16.7. The zero-order valence-corrected chi connectivity index (χ0v) is 8.84. The third kappa shape index (κ3) is 5.36. The van der Waals surface area contributed by atoms with Crippen molar-refractivity contribution in [1.82, 2.24) is 0 Å². The van der Waals surface area contributed by atoms with Crippen molar-refractivity contribution in [2.24, 2.45) is 5.92 Å². The van der Waals surface area contributed by atoms with Gasteiger partial charge < -0.3 is 4.74 Å². The Labute approximate surface area is 76.8 Å². The van der Waals surface area contributed by atoms with Crippen LogP contribution in [0, 0.1) is 5.92 Å². The predicted molar refractivity (Wildman–Crippen MR) is 54.3 cm³/mol. The minimum Gasteiger partial charge on any atom is -0.381 e. The summed E-state index contributed by atoms with van der Waals surface area (Å²) in [6, 6.07) is 0. The molecule has 0 aliphatic heterocycles. The quantitative estimate of drug-likeness (QED) is 0.438. The molecule has 0 radical (unpaired) electrons. The molecule has 12 heavy (non-hydrogen) atoms. The van der Waals surface area contributed by atoms with Gasteiger partial charge in [0.15, 0.2) is 0 Å². The van der Waals surface area contributed by atoms with Gasteiger partial charge in [-0.3, -0.25) is 0 Å². The number of hydrogen-bond donors (Lipinski definition) is 0. The Kier molecular flexibility index (Phi) is 7.17. The molecule has 72 valence electrons. The van der Waals surface area contributed by atoms with Gasteiger partial charge in [-0.05, 0) is 19.3 Å². The SMILES string of the molecule is CCCC/C=C\[C@H](C)[C@H](C)OC. The molecule has 1 nitrogen and oxygen atoms in total. The molecule has 0 heterocycles. The van der Waals surface area contributed by atoms with Crippen molar-refractivity contribution in [3.63, 3.8) is 0 Å². The van der Waals surface area contributed by atoms with E-state index in [0.29, 0.717) is 12.0 Å². The van der Waals surface area contributed by atoms with Gasteiger partial charge >= 0.3 is 0 Å². The maximum Gasteiger partial charge on any atom is 0.0603 e. The monoisotopic (exact) mass is 170 g/mol. The molecule has 0 aliphatic rings. The van der Waals surface area contributed by atoms with Crippen molar-refractivity contribution >= 4 is 0 Å². The van der Waals surface area contributed by atoms with Crippen LogP contribution in [0.15, 0.2) is 12.2 Å². The molecule has 0 unspecified atom stereocenters. The molecular weight excluding hydrogens is 148 g/mol. The van der Waals surface area contributed by atoms with Gasteiger partial charge in [-0.1, -0.05) is 38.8 Å². The summed E-state index contributed by atoms with van der Waals surface area (Å²) in [6.45, 7) is 6.51. The van der Waals surface area contributed by atoms with E-state index in [0.717, 1.165) is 0 Å². The highest BCUT2D eigenvalue weighted by atomic mass is 16.5. The topological polar surface area (TPSA) is 9.23 Å². The number of allylic oxidation sites excluding steroid dienone is 1. The van der Waals surface area contributed by atoms with E-state index in [1.54, 1.807) is 7.11 Å². The van der Waals surface area contributed by atoms with Crippen LogP contribution in [0.2, 0.25) is 0 Å². The van der Waals surface area contributed by atoms with E-state index in [1.807, 2.05) is 0 Å². The molecule has 2 atom stereocenters. The lowest BCUT2D eigenvalue weighted by Crippen LogP contribution is -2.13. The molecule has 0 N–H and O–H groups in total. The van der Waals surface area contributed by atoms with Gasteiger partial charge in [-0.15, -0.1) is 0 Å². The molecule has 0 saturated carbocycles. The maximum atomic E-state index is 5.22. The van der Waals surface area contributed by atoms with Gasteiger partial charge in [0.2, 0.25) is 0 Å². The first kappa shape index (κ1) is 11.7. The third-order valence-electron chi connectivity index (χ3n) is 2.28. The number of methoxy groups -OCH3 is 1. The molecule has 0 aromatic rings. The fraction of sp³-hybridized carbons (Fsp3) is 0.818. The summed E-state index contributed by atoms with van der Waals surface area (Å²) < 4.78 is 5.22. The van der Waals surface area contributed by atoms with Crippen LogP contribution in [0.3, 0.4) is 0 Å². The van der Waals surface area contributed by atoms with E-state index < -0.39 is 0 Å². The van der Waals surface area contributed by atoms with Crippen molar-refractivity contribution in [2.45, 2.75) is 46.1 Å². The molecule has 0 aromatic carbocycles. The summed E-state index contributed by atoms with van der Waals surface area (Å²) in [7, 11) is 1.76. The number of ether oxygens (including phenoxy) is 1. The van der Waals surface area contributed by atoms with Crippen LogP contribution in [0.5, 0.6) is 0 Å². The summed E-state index contributed by atoms with van der Waals surface area (Å²) in [4.78, 5) is 0. The van der Waals surface area contributed by atoms with Gasteiger partial charge in [-0.25, -0.2) is 0 Å². The lowest BCUT2D eigenvalue weighted by Gasteiger charge is -2.13. The van der Waals surface area contributed by atoms with Crippen LogP contribution in [0.4, 0.5) is 0 Å². The molecule has 0 saturated heterocycles. The summed E-state index contributed by atoms with van der Waals surface area (Å²) >= 11 is 0. The second-order valence-electron chi connectivity index (χ2n) is 3.37.